The third kappa shape index (κ3) is 6.57. The number of non-ortho nitro benzene ring substituents is 1. The number of amides is 2. The summed E-state index contributed by atoms with van der Waals surface area (Å²) in [5.41, 5.74) is 2.78. The maximum atomic E-state index is 12.2. The Morgan fingerprint density at radius 2 is 1.81 bits per heavy atom. The van der Waals surface area contributed by atoms with Crippen molar-refractivity contribution < 1.29 is 19.4 Å². The minimum atomic E-state index is -0.799. The first-order valence-electron chi connectivity index (χ1n) is 8.87. The molecule has 2 aromatic rings. The van der Waals surface area contributed by atoms with Gasteiger partial charge in [-0.25, -0.2) is 5.43 Å². The van der Waals surface area contributed by atoms with Crippen LogP contribution in [0.5, 0.6) is 0 Å². The predicted octanol–water partition coefficient (Wildman–Crippen LogP) is 3.53. The van der Waals surface area contributed by atoms with E-state index in [2.05, 4.69) is 15.8 Å². The summed E-state index contributed by atoms with van der Waals surface area (Å²) in [4.78, 5) is 44.6. The Bertz CT molecular complexity index is 1090. The Kier molecular flexibility index (Phi) is 7.75. The summed E-state index contributed by atoms with van der Waals surface area (Å²) in [5.74, 6) is -1.05. The van der Waals surface area contributed by atoms with Gasteiger partial charge in [0.25, 0.3) is 11.4 Å². The van der Waals surface area contributed by atoms with Crippen LogP contribution in [-0.4, -0.2) is 27.4 Å². The molecule has 0 aliphatic heterocycles. The first kappa shape index (κ1) is 23.4. The number of hydrazone groups is 1. The van der Waals surface area contributed by atoms with Crippen LogP contribution in [0.15, 0.2) is 41.5 Å². The van der Waals surface area contributed by atoms with E-state index in [9.17, 15) is 29.8 Å². The number of carbonyl (C=O) groups is 2. The second-order valence-corrected chi connectivity index (χ2v) is 6.93. The second kappa shape index (κ2) is 10.3. The molecule has 2 aromatic carbocycles. The predicted molar refractivity (Wildman–Crippen MR) is 114 cm³/mol. The fourth-order valence-electron chi connectivity index (χ4n) is 2.56. The van der Waals surface area contributed by atoms with Crippen molar-refractivity contribution >= 4 is 46.2 Å². The molecule has 0 fully saturated rings. The van der Waals surface area contributed by atoms with Crippen molar-refractivity contribution in [1.29, 1.82) is 0 Å². The molecule has 0 atom stereocenters. The fourth-order valence-corrected chi connectivity index (χ4v) is 2.74. The summed E-state index contributed by atoms with van der Waals surface area (Å²) >= 11 is 6.01. The minimum Gasteiger partial charge on any atom is -0.325 e. The molecule has 0 saturated carbocycles. The van der Waals surface area contributed by atoms with Crippen LogP contribution in [0.2, 0.25) is 5.02 Å². The fraction of sp³-hybridized carbons (Fsp3) is 0.211. The molecule has 31 heavy (non-hydrogen) atoms. The molecule has 0 saturated heterocycles. The van der Waals surface area contributed by atoms with E-state index in [0.29, 0.717) is 22.0 Å². The lowest BCUT2D eigenvalue weighted by molar-refractivity contribution is -0.394. The summed E-state index contributed by atoms with van der Waals surface area (Å²) in [5, 5.41) is 28.9. The first-order chi connectivity index (χ1) is 14.6. The van der Waals surface area contributed by atoms with Crippen LogP contribution >= 0.6 is 11.6 Å². The quantitative estimate of drug-likeness (QED) is 0.358. The van der Waals surface area contributed by atoms with Crippen molar-refractivity contribution in [2.45, 2.75) is 26.7 Å². The highest BCUT2D eigenvalue weighted by Gasteiger charge is 2.21. The molecular weight excluding hydrogens is 430 g/mol. The van der Waals surface area contributed by atoms with Crippen molar-refractivity contribution in [3.63, 3.8) is 0 Å². The van der Waals surface area contributed by atoms with Gasteiger partial charge in [0.1, 0.15) is 0 Å². The van der Waals surface area contributed by atoms with E-state index in [4.69, 9.17) is 11.6 Å². The van der Waals surface area contributed by atoms with E-state index in [0.717, 1.165) is 18.2 Å². The summed E-state index contributed by atoms with van der Waals surface area (Å²) < 4.78 is 0. The lowest BCUT2D eigenvalue weighted by Gasteiger charge is -2.09. The average molecular weight is 448 g/mol. The third-order valence-electron chi connectivity index (χ3n) is 4.16. The topological polar surface area (TPSA) is 157 Å². The van der Waals surface area contributed by atoms with Gasteiger partial charge in [-0.15, -0.1) is 0 Å². The molecule has 0 bridgehead atoms. The molecule has 2 rings (SSSR count). The Balaban J connectivity index is 1.98. The molecule has 0 aromatic heterocycles. The van der Waals surface area contributed by atoms with Gasteiger partial charge in [0, 0.05) is 28.1 Å². The lowest BCUT2D eigenvalue weighted by atomic mass is 10.1. The maximum absolute atomic E-state index is 12.2. The number of nitro benzene ring substituents is 2. The molecule has 2 N–H and O–H groups in total. The highest BCUT2D eigenvalue weighted by Crippen LogP contribution is 2.25. The number of hydrogen-bond acceptors (Lipinski definition) is 7. The lowest BCUT2D eigenvalue weighted by Crippen LogP contribution is -2.23. The van der Waals surface area contributed by atoms with Gasteiger partial charge in [0.15, 0.2) is 0 Å². The molecule has 12 heteroatoms. The smallest absolute Gasteiger partial charge is 0.279 e. The zero-order valence-electron chi connectivity index (χ0n) is 16.5. The number of rotatable bonds is 8. The third-order valence-corrected chi connectivity index (χ3v) is 4.57. The molecule has 0 heterocycles. The Morgan fingerprint density at radius 1 is 1.10 bits per heavy atom. The van der Waals surface area contributed by atoms with E-state index < -0.39 is 33.5 Å². The Labute approximate surface area is 181 Å². The molecule has 0 aliphatic carbocycles. The largest absolute Gasteiger partial charge is 0.325 e. The second-order valence-electron chi connectivity index (χ2n) is 6.52. The molecule has 162 valence electrons. The zero-order valence-corrected chi connectivity index (χ0v) is 17.3. The van der Waals surface area contributed by atoms with Crippen LogP contribution in [0, 0.1) is 27.2 Å². The SMILES string of the molecule is C/C(CC(=O)Nc1cccc(Cl)c1C)=N\NC(=O)Cc1ccc([N+](=O)[O-])cc1[N+](=O)[O-]. The van der Waals surface area contributed by atoms with Crippen molar-refractivity contribution in [1.82, 2.24) is 5.43 Å². The minimum absolute atomic E-state index is 0.00451. The van der Waals surface area contributed by atoms with Gasteiger partial charge in [-0.3, -0.25) is 29.8 Å². The molecular formula is C19H18ClN5O6. The number of carbonyl (C=O) groups excluding carboxylic acids is 2. The van der Waals surface area contributed by atoms with E-state index in [1.54, 1.807) is 25.1 Å². The summed E-state index contributed by atoms with van der Waals surface area (Å²) in [6, 6.07) is 8.11. The van der Waals surface area contributed by atoms with Crippen LogP contribution in [0.1, 0.15) is 24.5 Å². The van der Waals surface area contributed by atoms with Gasteiger partial charge in [-0.1, -0.05) is 17.7 Å². The van der Waals surface area contributed by atoms with E-state index in [1.807, 2.05) is 0 Å². The van der Waals surface area contributed by atoms with Crippen molar-refractivity contribution in [3.8, 4) is 0 Å². The number of nitrogens with one attached hydrogen (secondary N) is 2. The van der Waals surface area contributed by atoms with E-state index in [1.165, 1.54) is 6.92 Å². The van der Waals surface area contributed by atoms with Gasteiger partial charge in [0.05, 0.1) is 28.8 Å². The Hall–Kier alpha value is -3.86. The molecule has 0 aliphatic rings. The van der Waals surface area contributed by atoms with Crippen LogP contribution in [0.4, 0.5) is 17.1 Å². The van der Waals surface area contributed by atoms with Crippen molar-refractivity contribution in [2.24, 2.45) is 5.10 Å². The van der Waals surface area contributed by atoms with E-state index >= 15 is 0 Å². The zero-order chi connectivity index (χ0) is 23.1. The average Bonchev–Trinajstić information content (AvgIpc) is 2.69. The van der Waals surface area contributed by atoms with Gasteiger partial charge in [-0.2, -0.15) is 5.10 Å². The molecule has 11 nitrogen and oxygen atoms in total. The highest BCUT2D eigenvalue weighted by atomic mass is 35.5. The number of nitrogens with zero attached hydrogens (tertiary/aromatic N) is 3. The first-order valence-corrected chi connectivity index (χ1v) is 9.25. The van der Waals surface area contributed by atoms with Crippen LogP contribution in [0.25, 0.3) is 0 Å². The summed E-state index contributed by atoms with van der Waals surface area (Å²) in [6.07, 6.45) is -0.525. The van der Waals surface area contributed by atoms with Gasteiger partial charge in [-0.05, 0) is 37.6 Å². The number of nitro groups is 2. The molecule has 0 radical (unpaired) electrons. The van der Waals surface area contributed by atoms with Crippen LogP contribution in [0.3, 0.4) is 0 Å². The van der Waals surface area contributed by atoms with Gasteiger partial charge < -0.3 is 5.32 Å². The molecule has 0 unspecified atom stereocenters. The van der Waals surface area contributed by atoms with Gasteiger partial charge >= 0.3 is 0 Å². The standard InChI is InChI=1S/C19H18ClN5O6/c1-11(8-18(26)21-16-5-3-4-15(20)12(16)2)22-23-19(27)9-13-6-7-14(24(28)29)10-17(13)25(30)31/h3-7,10H,8-9H2,1-2H3,(H,21,26)(H,23,27)/b22-11+. The number of halogens is 1. The summed E-state index contributed by atoms with van der Waals surface area (Å²) in [7, 11) is 0. The highest BCUT2D eigenvalue weighted by molar-refractivity contribution is 6.31. The monoisotopic (exact) mass is 447 g/mol. The van der Waals surface area contributed by atoms with E-state index in [-0.39, 0.29) is 17.9 Å². The normalized spacial score (nSPS) is 11.0. The maximum Gasteiger partial charge on any atom is 0.279 e. The number of benzene rings is 2. The summed E-state index contributed by atoms with van der Waals surface area (Å²) in [6.45, 7) is 3.29. The van der Waals surface area contributed by atoms with Gasteiger partial charge in [0.2, 0.25) is 11.8 Å². The number of anilines is 1. The molecule has 2 amide bonds. The Morgan fingerprint density at radius 3 is 2.45 bits per heavy atom. The number of hydrogen-bond donors (Lipinski definition) is 2. The van der Waals surface area contributed by atoms with Crippen LogP contribution < -0.4 is 10.7 Å². The van der Waals surface area contributed by atoms with Crippen molar-refractivity contribution in [2.75, 3.05) is 5.32 Å². The van der Waals surface area contributed by atoms with Crippen molar-refractivity contribution in [3.05, 3.63) is 72.8 Å². The van der Waals surface area contributed by atoms with Crippen LogP contribution in [-0.2, 0) is 16.0 Å². The molecule has 0 spiro atoms.